The van der Waals surface area contributed by atoms with Crippen LogP contribution in [0.2, 0.25) is 5.15 Å². The summed E-state index contributed by atoms with van der Waals surface area (Å²) in [4.78, 5) is 7.41. The van der Waals surface area contributed by atoms with Crippen LogP contribution in [-0.2, 0) is 4.84 Å². The number of methoxy groups -OCH3 is 2. The molecule has 1 saturated heterocycles. The average molecular weight is 463 g/mol. The molecule has 0 bridgehead atoms. The quantitative estimate of drug-likeness (QED) is 0.377. The number of benzene rings is 1. The zero-order valence-corrected chi connectivity index (χ0v) is 19.9. The molecule has 1 aromatic carbocycles. The first-order valence-corrected chi connectivity index (χ1v) is 11.2. The number of aromatic nitrogens is 2. The van der Waals surface area contributed by atoms with E-state index in [9.17, 15) is 0 Å². The largest absolute Gasteiger partial charge is 0.493 e. The van der Waals surface area contributed by atoms with Gasteiger partial charge in [0.25, 0.3) is 0 Å². The second-order valence-electron chi connectivity index (χ2n) is 7.59. The van der Waals surface area contributed by atoms with Gasteiger partial charge < -0.3 is 23.9 Å². The average Bonchev–Trinajstić information content (AvgIpc) is 2.83. The second-order valence-corrected chi connectivity index (χ2v) is 7.97. The van der Waals surface area contributed by atoms with E-state index in [1.165, 1.54) is 0 Å². The standard InChI is InChI=1S/C23H31ClN4O4/c1-5-32-27-16(2)18-14-19(29-3)23(20(15-18)30-4)31-13-10-17-8-11-28(12-9-17)22-7-6-21(24)25-26-22/h6-7,14-15,17H,5,8-13H2,1-4H3. The summed E-state index contributed by atoms with van der Waals surface area (Å²) >= 11 is 5.83. The molecule has 0 N–H and O–H groups in total. The molecular formula is C23H31ClN4O4. The maximum absolute atomic E-state index is 6.12. The van der Waals surface area contributed by atoms with Gasteiger partial charge in [-0.2, -0.15) is 0 Å². The van der Waals surface area contributed by atoms with Gasteiger partial charge >= 0.3 is 0 Å². The molecule has 1 aromatic heterocycles. The molecule has 0 unspecified atom stereocenters. The van der Waals surface area contributed by atoms with Crippen molar-refractivity contribution in [2.24, 2.45) is 11.1 Å². The van der Waals surface area contributed by atoms with Crippen LogP contribution in [0.15, 0.2) is 29.4 Å². The van der Waals surface area contributed by atoms with Gasteiger partial charge in [0.1, 0.15) is 6.61 Å². The summed E-state index contributed by atoms with van der Waals surface area (Å²) in [7, 11) is 3.24. The van der Waals surface area contributed by atoms with E-state index in [-0.39, 0.29) is 0 Å². The number of halogens is 1. The molecule has 2 heterocycles. The third-order valence-electron chi connectivity index (χ3n) is 5.54. The molecule has 1 aliphatic rings. The molecule has 0 saturated carbocycles. The molecule has 32 heavy (non-hydrogen) atoms. The van der Waals surface area contributed by atoms with Crippen molar-refractivity contribution in [3.63, 3.8) is 0 Å². The fourth-order valence-electron chi connectivity index (χ4n) is 3.70. The third kappa shape index (κ3) is 6.16. The summed E-state index contributed by atoms with van der Waals surface area (Å²) in [6.45, 7) is 6.76. The molecule has 0 atom stereocenters. The first-order valence-electron chi connectivity index (χ1n) is 10.9. The Morgan fingerprint density at radius 1 is 1.12 bits per heavy atom. The Morgan fingerprint density at radius 3 is 2.38 bits per heavy atom. The minimum absolute atomic E-state index is 0.413. The van der Waals surface area contributed by atoms with Crippen molar-refractivity contribution in [1.82, 2.24) is 10.2 Å². The summed E-state index contributed by atoms with van der Waals surface area (Å²) in [5.74, 6) is 3.30. The van der Waals surface area contributed by atoms with Gasteiger partial charge in [-0.05, 0) is 63.3 Å². The van der Waals surface area contributed by atoms with Gasteiger partial charge in [0.15, 0.2) is 22.5 Å². The zero-order valence-electron chi connectivity index (χ0n) is 19.1. The molecule has 0 aliphatic carbocycles. The van der Waals surface area contributed by atoms with E-state index in [2.05, 4.69) is 20.3 Å². The van der Waals surface area contributed by atoms with E-state index in [1.807, 2.05) is 32.0 Å². The minimum atomic E-state index is 0.413. The molecule has 0 amide bonds. The van der Waals surface area contributed by atoms with E-state index in [0.717, 1.165) is 49.4 Å². The normalized spacial score (nSPS) is 14.9. The van der Waals surface area contributed by atoms with Crippen LogP contribution in [0, 0.1) is 5.92 Å². The van der Waals surface area contributed by atoms with Gasteiger partial charge in [-0.3, -0.25) is 0 Å². The maximum atomic E-state index is 6.12. The Hall–Kier alpha value is -2.74. The van der Waals surface area contributed by atoms with Gasteiger partial charge in [0, 0.05) is 18.7 Å². The SMILES string of the molecule is CCON=C(C)c1cc(OC)c(OCCC2CCN(c3ccc(Cl)nn3)CC2)c(OC)c1. The summed E-state index contributed by atoms with van der Waals surface area (Å²) < 4.78 is 17.3. The number of piperidine rings is 1. The predicted molar refractivity (Wildman–Crippen MR) is 125 cm³/mol. The number of hydrogen-bond donors (Lipinski definition) is 0. The van der Waals surface area contributed by atoms with Gasteiger partial charge in [-0.15, -0.1) is 10.2 Å². The van der Waals surface area contributed by atoms with Gasteiger partial charge in [-0.1, -0.05) is 16.8 Å². The van der Waals surface area contributed by atoms with Crippen LogP contribution in [-0.4, -0.2) is 56.4 Å². The lowest BCUT2D eigenvalue weighted by molar-refractivity contribution is 0.159. The van der Waals surface area contributed by atoms with Crippen LogP contribution in [0.5, 0.6) is 17.2 Å². The molecule has 8 nitrogen and oxygen atoms in total. The van der Waals surface area contributed by atoms with E-state index in [4.69, 9.17) is 30.6 Å². The number of rotatable bonds is 10. The summed E-state index contributed by atoms with van der Waals surface area (Å²) in [6, 6.07) is 7.48. The summed E-state index contributed by atoms with van der Waals surface area (Å²) in [5.41, 5.74) is 1.60. The number of hydrogen-bond acceptors (Lipinski definition) is 8. The highest BCUT2D eigenvalue weighted by atomic mass is 35.5. The maximum Gasteiger partial charge on any atom is 0.203 e. The van der Waals surface area contributed by atoms with Crippen LogP contribution in [0.1, 0.15) is 38.7 Å². The monoisotopic (exact) mass is 462 g/mol. The molecular weight excluding hydrogens is 432 g/mol. The number of anilines is 1. The van der Waals surface area contributed by atoms with Crippen molar-refractivity contribution < 1.29 is 19.0 Å². The predicted octanol–water partition coefficient (Wildman–Crippen LogP) is 4.59. The summed E-state index contributed by atoms with van der Waals surface area (Å²) in [6.07, 6.45) is 3.11. The lowest BCUT2D eigenvalue weighted by atomic mass is 9.94. The summed E-state index contributed by atoms with van der Waals surface area (Å²) in [5, 5.41) is 12.6. The highest BCUT2D eigenvalue weighted by molar-refractivity contribution is 6.29. The van der Waals surface area contributed by atoms with E-state index in [1.54, 1.807) is 20.3 Å². The van der Waals surface area contributed by atoms with Gasteiger partial charge in [-0.25, -0.2) is 0 Å². The minimum Gasteiger partial charge on any atom is -0.493 e. The van der Waals surface area contributed by atoms with Crippen LogP contribution >= 0.6 is 11.6 Å². The van der Waals surface area contributed by atoms with Crippen LogP contribution in [0.4, 0.5) is 5.82 Å². The molecule has 0 spiro atoms. The lowest BCUT2D eigenvalue weighted by Gasteiger charge is -2.32. The second kappa shape index (κ2) is 11.8. The lowest BCUT2D eigenvalue weighted by Crippen LogP contribution is -2.34. The molecule has 2 aromatic rings. The first-order chi connectivity index (χ1) is 15.5. The Kier molecular flexibility index (Phi) is 8.79. The van der Waals surface area contributed by atoms with Crippen molar-refractivity contribution in [1.29, 1.82) is 0 Å². The topological polar surface area (TPSA) is 78.3 Å². The van der Waals surface area contributed by atoms with Crippen LogP contribution < -0.4 is 19.1 Å². The van der Waals surface area contributed by atoms with Crippen molar-refractivity contribution in [3.8, 4) is 17.2 Å². The molecule has 9 heteroatoms. The molecule has 3 rings (SSSR count). The Morgan fingerprint density at radius 2 is 1.81 bits per heavy atom. The van der Waals surface area contributed by atoms with Crippen LogP contribution in [0.25, 0.3) is 0 Å². The van der Waals surface area contributed by atoms with Gasteiger partial charge in [0.2, 0.25) is 5.75 Å². The Bertz CT molecular complexity index is 874. The van der Waals surface area contributed by atoms with Gasteiger partial charge in [0.05, 0.1) is 26.5 Å². The zero-order chi connectivity index (χ0) is 22.9. The van der Waals surface area contributed by atoms with Crippen molar-refractivity contribution in [2.75, 3.05) is 45.4 Å². The first kappa shape index (κ1) is 23.9. The van der Waals surface area contributed by atoms with Crippen LogP contribution in [0.3, 0.4) is 0 Å². The van der Waals surface area contributed by atoms with E-state index in [0.29, 0.717) is 41.5 Å². The van der Waals surface area contributed by atoms with E-state index >= 15 is 0 Å². The molecule has 0 radical (unpaired) electrons. The van der Waals surface area contributed by atoms with E-state index < -0.39 is 0 Å². The highest BCUT2D eigenvalue weighted by Gasteiger charge is 2.21. The number of nitrogens with zero attached hydrogens (tertiary/aromatic N) is 4. The smallest absolute Gasteiger partial charge is 0.203 e. The molecule has 1 fully saturated rings. The fourth-order valence-corrected chi connectivity index (χ4v) is 3.80. The number of oxime groups is 1. The molecule has 1 aliphatic heterocycles. The van der Waals surface area contributed by atoms with Crippen molar-refractivity contribution >= 4 is 23.1 Å². The molecule has 174 valence electrons. The Balaban J connectivity index is 1.57. The van der Waals surface area contributed by atoms with Crippen molar-refractivity contribution in [2.45, 2.75) is 33.1 Å². The highest BCUT2D eigenvalue weighted by Crippen LogP contribution is 2.39. The third-order valence-corrected chi connectivity index (χ3v) is 5.74. The van der Waals surface area contributed by atoms with Crippen molar-refractivity contribution in [3.05, 3.63) is 35.0 Å². The number of ether oxygens (including phenoxy) is 3. The fraction of sp³-hybridized carbons (Fsp3) is 0.522. The Labute approximate surface area is 194 Å².